The van der Waals surface area contributed by atoms with Gasteiger partial charge in [0.15, 0.2) is 0 Å². The average Bonchev–Trinajstić information content (AvgIpc) is 2.53. The summed E-state index contributed by atoms with van der Waals surface area (Å²) in [5.41, 5.74) is 10.2. The van der Waals surface area contributed by atoms with Crippen LogP contribution in [0.1, 0.15) is 37.5 Å². The predicted octanol–water partition coefficient (Wildman–Crippen LogP) is 2.94. The number of hydrogen-bond acceptors (Lipinski definition) is 5. The van der Waals surface area contributed by atoms with Gasteiger partial charge in [-0.15, -0.1) is 0 Å². The SMILES string of the molecule is Cc1c(CN)cc(CS)cc1N1CCN(C(=O)OC(C)(C)C)CC1. The Morgan fingerprint density at radius 1 is 1.25 bits per heavy atom. The summed E-state index contributed by atoms with van der Waals surface area (Å²) in [6.07, 6.45) is -0.231. The molecule has 0 aliphatic carbocycles. The third kappa shape index (κ3) is 4.57. The van der Waals surface area contributed by atoms with Crippen molar-refractivity contribution in [3.05, 3.63) is 28.8 Å². The Morgan fingerprint density at radius 2 is 1.88 bits per heavy atom. The lowest BCUT2D eigenvalue weighted by atomic mass is 10.0. The molecule has 0 spiro atoms. The highest BCUT2D eigenvalue weighted by Gasteiger charge is 2.26. The molecule has 24 heavy (non-hydrogen) atoms. The van der Waals surface area contributed by atoms with E-state index < -0.39 is 5.60 Å². The molecule has 2 rings (SSSR count). The van der Waals surface area contributed by atoms with Gasteiger partial charge in [-0.1, -0.05) is 6.07 Å². The van der Waals surface area contributed by atoms with Crippen LogP contribution in [0.3, 0.4) is 0 Å². The van der Waals surface area contributed by atoms with Gasteiger partial charge >= 0.3 is 6.09 Å². The molecule has 1 heterocycles. The van der Waals surface area contributed by atoms with E-state index in [1.807, 2.05) is 20.8 Å². The zero-order valence-corrected chi connectivity index (χ0v) is 16.0. The monoisotopic (exact) mass is 351 g/mol. The van der Waals surface area contributed by atoms with E-state index in [0.29, 0.717) is 25.4 Å². The summed E-state index contributed by atoms with van der Waals surface area (Å²) < 4.78 is 5.46. The second-order valence-electron chi connectivity index (χ2n) is 7.22. The Morgan fingerprint density at radius 3 is 2.38 bits per heavy atom. The highest BCUT2D eigenvalue weighted by Crippen LogP contribution is 2.27. The molecular formula is C18H29N3O2S. The molecule has 1 aromatic rings. The second kappa shape index (κ2) is 7.66. The van der Waals surface area contributed by atoms with E-state index in [1.165, 1.54) is 16.8 Å². The largest absolute Gasteiger partial charge is 0.444 e. The number of amides is 1. The number of anilines is 1. The summed E-state index contributed by atoms with van der Waals surface area (Å²) in [4.78, 5) is 16.3. The van der Waals surface area contributed by atoms with Crippen molar-refractivity contribution in [1.82, 2.24) is 4.90 Å². The van der Waals surface area contributed by atoms with Gasteiger partial charge in [-0.3, -0.25) is 0 Å². The fraction of sp³-hybridized carbons (Fsp3) is 0.611. The summed E-state index contributed by atoms with van der Waals surface area (Å²) in [5, 5.41) is 0. The van der Waals surface area contributed by atoms with Crippen LogP contribution in [0.15, 0.2) is 12.1 Å². The van der Waals surface area contributed by atoms with Gasteiger partial charge in [-0.25, -0.2) is 4.79 Å². The lowest BCUT2D eigenvalue weighted by Gasteiger charge is -2.37. The van der Waals surface area contributed by atoms with Gasteiger partial charge in [-0.05, 0) is 50.5 Å². The Hall–Kier alpha value is -1.40. The van der Waals surface area contributed by atoms with Crippen molar-refractivity contribution in [2.45, 2.75) is 45.6 Å². The van der Waals surface area contributed by atoms with Crippen LogP contribution in [0.4, 0.5) is 10.5 Å². The maximum absolute atomic E-state index is 12.2. The van der Waals surface area contributed by atoms with Crippen LogP contribution in [0.2, 0.25) is 0 Å². The van der Waals surface area contributed by atoms with E-state index in [1.54, 1.807) is 4.90 Å². The van der Waals surface area contributed by atoms with Gasteiger partial charge in [0.05, 0.1) is 0 Å². The van der Waals surface area contributed by atoms with Gasteiger partial charge in [-0.2, -0.15) is 12.6 Å². The predicted molar refractivity (Wildman–Crippen MR) is 102 cm³/mol. The Kier molecular flexibility index (Phi) is 6.04. The molecule has 5 nitrogen and oxygen atoms in total. The average molecular weight is 352 g/mol. The third-order valence-corrected chi connectivity index (χ3v) is 4.59. The summed E-state index contributed by atoms with van der Waals surface area (Å²) in [6, 6.07) is 4.31. The van der Waals surface area contributed by atoms with E-state index in [-0.39, 0.29) is 6.09 Å². The molecule has 1 amide bonds. The van der Waals surface area contributed by atoms with Gasteiger partial charge in [0, 0.05) is 44.2 Å². The van der Waals surface area contributed by atoms with E-state index >= 15 is 0 Å². The van der Waals surface area contributed by atoms with Crippen molar-refractivity contribution >= 4 is 24.4 Å². The molecule has 1 fully saturated rings. The Balaban J connectivity index is 2.08. The highest BCUT2D eigenvalue weighted by atomic mass is 32.1. The number of hydrogen-bond donors (Lipinski definition) is 2. The molecule has 0 atom stereocenters. The van der Waals surface area contributed by atoms with Crippen molar-refractivity contribution in [3.63, 3.8) is 0 Å². The fourth-order valence-electron chi connectivity index (χ4n) is 2.91. The number of nitrogens with zero attached hydrogens (tertiary/aromatic N) is 2. The molecule has 0 saturated carbocycles. The van der Waals surface area contributed by atoms with Gasteiger partial charge < -0.3 is 20.3 Å². The van der Waals surface area contributed by atoms with E-state index in [0.717, 1.165) is 18.7 Å². The lowest BCUT2D eigenvalue weighted by Crippen LogP contribution is -2.50. The Bertz CT molecular complexity index is 591. The molecule has 0 unspecified atom stereocenters. The first-order chi connectivity index (χ1) is 11.2. The molecule has 134 valence electrons. The summed E-state index contributed by atoms with van der Waals surface area (Å²) in [5.74, 6) is 0.693. The second-order valence-corrected chi connectivity index (χ2v) is 7.53. The van der Waals surface area contributed by atoms with Crippen molar-refractivity contribution in [3.8, 4) is 0 Å². The first-order valence-corrected chi connectivity index (χ1v) is 9.04. The normalized spacial score (nSPS) is 15.6. The molecule has 2 N–H and O–H groups in total. The number of carbonyl (C=O) groups is 1. The van der Waals surface area contributed by atoms with Crippen LogP contribution < -0.4 is 10.6 Å². The molecule has 1 aromatic carbocycles. The zero-order valence-electron chi connectivity index (χ0n) is 15.1. The summed E-state index contributed by atoms with van der Waals surface area (Å²) in [7, 11) is 0. The number of benzene rings is 1. The van der Waals surface area contributed by atoms with Gasteiger partial charge in [0.1, 0.15) is 5.60 Å². The number of nitrogens with two attached hydrogens (primary N) is 1. The van der Waals surface area contributed by atoms with Gasteiger partial charge in [0.25, 0.3) is 0 Å². The van der Waals surface area contributed by atoms with Crippen molar-refractivity contribution in [1.29, 1.82) is 0 Å². The topological polar surface area (TPSA) is 58.8 Å². The molecule has 1 aliphatic rings. The number of piperazine rings is 1. The van der Waals surface area contributed by atoms with E-state index in [4.69, 9.17) is 10.5 Å². The minimum Gasteiger partial charge on any atom is -0.444 e. The number of rotatable bonds is 3. The van der Waals surface area contributed by atoms with Crippen LogP contribution >= 0.6 is 12.6 Å². The van der Waals surface area contributed by atoms with Crippen LogP contribution in [-0.2, 0) is 17.0 Å². The number of ether oxygens (including phenoxy) is 1. The fourth-order valence-corrected chi connectivity index (χ4v) is 3.09. The zero-order chi connectivity index (χ0) is 17.9. The highest BCUT2D eigenvalue weighted by molar-refractivity contribution is 7.79. The summed E-state index contributed by atoms with van der Waals surface area (Å²) in [6.45, 7) is 11.2. The number of carbonyl (C=O) groups excluding carboxylic acids is 1. The van der Waals surface area contributed by atoms with Crippen LogP contribution in [0.25, 0.3) is 0 Å². The van der Waals surface area contributed by atoms with Crippen molar-refractivity contribution in [2.75, 3.05) is 31.1 Å². The Labute approximate surface area is 150 Å². The molecule has 0 radical (unpaired) electrons. The van der Waals surface area contributed by atoms with Crippen LogP contribution in [0, 0.1) is 6.92 Å². The standard InChI is InChI=1S/C18H29N3O2S/c1-13-15(11-19)9-14(12-24)10-16(13)20-5-7-21(8-6-20)17(22)23-18(2,3)4/h9-10,24H,5-8,11-12,19H2,1-4H3. The molecule has 1 saturated heterocycles. The number of thiol groups is 1. The molecule has 1 aliphatic heterocycles. The van der Waals surface area contributed by atoms with Crippen molar-refractivity contribution in [2.24, 2.45) is 5.73 Å². The minimum absolute atomic E-state index is 0.231. The quantitative estimate of drug-likeness (QED) is 0.822. The maximum Gasteiger partial charge on any atom is 0.410 e. The van der Waals surface area contributed by atoms with E-state index in [9.17, 15) is 4.79 Å². The first-order valence-electron chi connectivity index (χ1n) is 8.41. The van der Waals surface area contributed by atoms with Crippen LogP contribution in [-0.4, -0.2) is 42.8 Å². The third-order valence-electron chi connectivity index (χ3n) is 4.22. The molecular weight excluding hydrogens is 322 g/mol. The van der Waals surface area contributed by atoms with Crippen molar-refractivity contribution < 1.29 is 9.53 Å². The van der Waals surface area contributed by atoms with Gasteiger partial charge in [0.2, 0.25) is 0 Å². The minimum atomic E-state index is -0.457. The van der Waals surface area contributed by atoms with Crippen LogP contribution in [0.5, 0.6) is 0 Å². The smallest absolute Gasteiger partial charge is 0.410 e. The van der Waals surface area contributed by atoms with E-state index in [2.05, 4.69) is 36.6 Å². The maximum atomic E-state index is 12.2. The molecule has 6 heteroatoms. The molecule has 0 bridgehead atoms. The lowest BCUT2D eigenvalue weighted by molar-refractivity contribution is 0.0240. The first kappa shape index (κ1) is 18.9. The molecule has 0 aromatic heterocycles. The summed E-state index contributed by atoms with van der Waals surface area (Å²) >= 11 is 4.39.